The highest BCUT2D eigenvalue weighted by Crippen LogP contribution is 2.28. The minimum Gasteiger partial charge on any atom is -0.497 e. The molecule has 1 atom stereocenters. The Hall–Kier alpha value is -2.28. The number of likely N-dealkylation sites (N-methyl/N-ethyl adjacent to an activating group) is 1. The average Bonchev–Trinajstić information content (AvgIpc) is 2.75. The van der Waals surface area contributed by atoms with Gasteiger partial charge in [0.2, 0.25) is 0 Å². The maximum atomic E-state index is 10.2. The summed E-state index contributed by atoms with van der Waals surface area (Å²) in [6, 6.07) is 14.4. The van der Waals surface area contributed by atoms with Crippen LogP contribution in [0.15, 0.2) is 42.5 Å². The number of hydrogen-bond donors (Lipinski definition) is 2. The SMILES string of the molecule is COc1ccc(CCNCc2ccc(OC)c(OC[C@H](O)CN(C)C(C)C)c2)cc1. The van der Waals surface area contributed by atoms with Gasteiger partial charge in [0.1, 0.15) is 18.5 Å². The molecule has 2 aromatic carbocycles. The van der Waals surface area contributed by atoms with Gasteiger partial charge < -0.3 is 29.5 Å². The molecule has 0 aliphatic heterocycles. The third-order valence-corrected chi connectivity index (χ3v) is 5.12. The molecule has 2 rings (SSSR count). The van der Waals surface area contributed by atoms with Gasteiger partial charge in [-0.05, 0) is 69.3 Å². The summed E-state index contributed by atoms with van der Waals surface area (Å²) in [6.07, 6.45) is 0.382. The van der Waals surface area contributed by atoms with Crippen molar-refractivity contribution in [2.24, 2.45) is 0 Å². The van der Waals surface area contributed by atoms with E-state index in [2.05, 4.69) is 36.2 Å². The quantitative estimate of drug-likeness (QED) is 0.489. The summed E-state index contributed by atoms with van der Waals surface area (Å²) in [4.78, 5) is 2.09. The van der Waals surface area contributed by atoms with E-state index in [1.807, 2.05) is 37.4 Å². The monoisotopic (exact) mass is 416 g/mol. The van der Waals surface area contributed by atoms with Crippen LogP contribution in [0.1, 0.15) is 25.0 Å². The molecule has 6 heteroatoms. The number of aliphatic hydroxyl groups excluding tert-OH is 1. The Balaban J connectivity index is 1.83. The van der Waals surface area contributed by atoms with Crippen molar-refractivity contribution < 1.29 is 19.3 Å². The molecule has 6 nitrogen and oxygen atoms in total. The molecule has 0 fully saturated rings. The van der Waals surface area contributed by atoms with E-state index in [4.69, 9.17) is 14.2 Å². The summed E-state index contributed by atoms with van der Waals surface area (Å²) in [5.41, 5.74) is 2.37. The first-order valence-corrected chi connectivity index (χ1v) is 10.4. The Labute approximate surface area is 180 Å². The molecule has 0 aromatic heterocycles. The summed E-state index contributed by atoms with van der Waals surface area (Å²) in [7, 11) is 5.29. The van der Waals surface area contributed by atoms with Gasteiger partial charge in [0.25, 0.3) is 0 Å². The Morgan fingerprint density at radius 2 is 1.67 bits per heavy atom. The van der Waals surface area contributed by atoms with E-state index in [0.29, 0.717) is 24.1 Å². The van der Waals surface area contributed by atoms with Gasteiger partial charge in [-0.25, -0.2) is 0 Å². The van der Waals surface area contributed by atoms with Gasteiger partial charge in [-0.1, -0.05) is 18.2 Å². The van der Waals surface area contributed by atoms with Crippen LogP contribution in [-0.2, 0) is 13.0 Å². The smallest absolute Gasteiger partial charge is 0.161 e. The van der Waals surface area contributed by atoms with Gasteiger partial charge in [-0.2, -0.15) is 0 Å². The van der Waals surface area contributed by atoms with E-state index in [9.17, 15) is 5.11 Å². The van der Waals surface area contributed by atoms with Crippen molar-refractivity contribution in [1.82, 2.24) is 10.2 Å². The first-order valence-electron chi connectivity index (χ1n) is 10.4. The Bertz CT molecular complexity index is 749. The van der Waals surface area contributed by atoms with E-state index >= 15 is 0 Å². The van der Waals surface area contributed by atoms with Crippen LogP contribution in [0.3, 0.4) is 0 Å². The topological polar surface area (TPSA) is 63.2 Å². The Morgan fingerprint density at radius 3 is 2.30 bits per heavy atom. The maximum absolute atomic E-state index is 10.2. The number of aliphatic hydroxyl groups is 1. The van der Waals surface area contributed by atoms with E-state index in [1.165, 1.54) is 5.56 Å². The molecule has 0 aliphatic carbocycles. The highest BCUT2D eigenvalue weighted by atomic mass is 16.5. The summed E-state index contributed by atoms with van der Waals surface area (Å²) >= 11 is 0. The molecule has 166 valence electrons. The van der Waals surface area contributed by atoms with Crippen LogP contribution in [0.5, 0.6) is 17.2 Å². The molecule has 0 radical (unpaired) electrons. The minimum absolute atomic E-state index is 0.224. The molecule has 2 N–H and O–H groups in total. The molecule has 0 spiro atoms. The van der Waals surface area contributed by atoms with E-state index in [-0.39, 0.29) is 6.61 Å². The molecule has 30 heavy (non-hydrogen) atoms. The lowest BCUT2D eigenvalue weighted by atomic mass is 10.1. The minimum atomic E-state index is -0.562. The van der Waals surface area contributed by atoms with Crippen molar-refractivity contribution in [3.05, 3.63) is 53.6 Å². The number of ether oxygens (including phenoxy) is 3. The van der Waals surface area contributed by atoms with Crippen molar-refractivity contribution in [2.45, 2.75) is 39.0 Å². The van der Waals surface area contributed by atoms with Crippen LogP contribution >= 0.6 is 0 Å². The third-order valence-electron chi connectivity index (χ3n) is 5.12. The lowest BCUT2D eigenvalue weighted by Crippen LogP contribution is -2.37. The lowest BCUT2D eigenvalue weighted by molar-refractivity contribution is 0.0668. The standard InChI is InChI=1S/C24H36N2O4/c1-18(2)26(3)16-21(27)17-30-24-14-20(8-11-23(24)29-5)15-25-13-12-19-6-9-22(28-4)10-7-19/h6-11,14,18,21,25,27H,12-13,15-17H2,1-5H3/t21-/m1/s1. The summed E-state index contributed by atoms with van der Waals surface area (Å²) in [5, 5.41) is 13.7. The zero-order valence-electron chi connectivity index (χ0n) is 18.9. The van der Waals surface area contributed by atoms with Crippen molar-refractivity contribution in [3.63, 3.8) is 0 Å². The molecule has 0 saturated carbocycles. The number of methoxy groups -OCH3 is 2. The van der Waals surface area contributed by atoms with Crippen LogP contribution < -0.4 is 19.5 Å². The second-order valence-corrected chi connectivity index (χ2v) is 7.76. The predicted molar refractivity (Wildman–Crippen MR) is 121 cm³/mol. The number of rotatable bonds is 13. The lowest BCUT2D eigenvalue weighted by Gasteiger charge is -2.24. The van der Waals surface area contributed by atoms with E-state index < -0.39 is 6.10 Å². The zero-order chi connectivity index (χ0) is 21.9. The van der Waals surface area contributed by atoms with Gasteiger partial charge in [-0.15, -0.1) is 0 Å². The summed E-state index contributed by atoms with van der Waals surface area (Å²) in [5.74, 6) is 2.19. The third kappa shape index (κ3) is 7.86. The van der Waals surface area contributed by atoms with Crippen molar-refractivity contribution in [1.29, 1.82) is 0 Å². The predicted octanol–water partition coefficient (Wildman–Crippen LogP) is 3.12. The van der Waals surface area contributed by atoms with Crippen molar-refractivity contribution in [3.8, 4) is 17.2 Å². The van der Waals surface area contributed by atoms with E-state index in [0.717, 1.165) is 30.8 Å². The van der Waals surface area contributed by atoms with Crippen molar-refractivity contribution >= 4 is 0 Å². The fraction of sp³-hybridized carbons (Fsp3) is 0.500. The van der Waals surface area contributed by atoms with Crippen LogP contribution in [0.4, 0.5) is 0 Å². The van der Waals surface area contributed by atoms with Gasteiger partial charge in [-0.3, -0.25) is 0 Å². The number of benzene rings is 2. The second kappa shape index (κ2) is 12.4. The molecule has 0 bridgehead atoms. The normalized spacial score (nSPS) is 12.3. The highest BCUT2D eigenvalue weighted by Gasteiger charge is 2.13. The fourth-order valence-corrected chi connectivity index (χ4v) is 2.98. The van der Waals surface area contributed by atoms with E-state index in [1.54, 1.807) is 14.2 Å². The maximum Gasteiger partial charge on any atom is 0.161 e. The molecule has 0 unspecified atom stereocenters. The first-order chi connectivity index (χ1) is 14.4. The number of nitrogens with zero attached hydrogens (tertiary/aromatic N) is 1. The van der Waals surface area contributed by atoms with Gasteiger partial charge >= 0.3 is 0 Å². The Morgan fingerprint density at radius 1 is 0.967 bits per heavy atom. The Kier molecular flexibility index (Phi) is 9.94. The molecule has 0 saturated heterocycles. The molecule has 0 heterocycles. The zero-order valence-corrected chi connectivity index (χ0v) is 18.9. The number of nitrogens with one attached hydrogen (secondary N) is 1. The first kappa shape index (κ1) is 24.0. The van der Waals surface area contributed by atoms with Crippen LogP contribution in [0.2, 0.25) is 0 Å². The average molecular weight is 417 g/mol. The number of hydrogen-bond acceptors (Lipinski definition) is 6. The van der Waals surface area contributed by atoms with Gasteiger partial charge in [0.15, 0.2) is 11.5 Å². The molecule has 2 aromatic rings. The summed E-state index contributed by atoms with van der Waals surface area (Å²) < 4.78 is 16.5. The van der Waals surface area contributed by atoms with Crippen LogP contribution in [0, 0.1) is 0 Å². The highest BCUT2D eigenvalue weighted by molar-refractivity contribution is 5.43. The fourth-order valence-electron chi connectivity index (χ4n) is 2.98. The van der Waals surface area contributed by atoms with Gasteiger partial charge in [0, 0.05) is 19.1 Å². The molecular formula is C24H36N2O4. The summed E-state index contributed by atoms with van der Waals surface area (Å²) in [6.45, 7) is 6.59. The van der Waals surface area contributed by atoms with Crippen molar-refractivity contribution in [2.75, 3.05) is 41.0 Å². The van der Waals surface area contributed by atoms with Crippen LogP contribution in [0.25, 0.3) is 0 Å². The van der Waals surface area contributed by atoms with Gasteiger partial charge in [0.05, 0.1) is 14.2 Å². The van der Waals surface area contributed by atoms with Crippen LogP contribution in [-0.4, -0.2) is 63.1 Å². The molecule has 0 aliphatic rings. The molecular weight excluding hydrogens is 380 g/mol. The largest absolute Gasteiger partial charge is 0.497 e. The second-order valence-electron chi connectivity index (χ2n) is 7.76. The molecule has 0 amide bonds.